The second kappa shape index (κ2) is 9.47. The SMILES string of the molecule is O=C([C@@H]1C[C@H](COc2cccc(F)c2)CN(Cc2ccc(O)cc2)C1)N1CCCC1. The first-order chi connectivity index (χ1) is 14.6. The van der Waals surface area contributed by atoms with Gasteiger partial charge in [0.2, 0.25) is 5.91 Å². The van der Waals surface area contributed by atoms with E-state index in [4.69, 9.17) is 4.74 Å². The number of aromatic hydroxyl groups is 1. The molecule has 0 saturated carbocycles. The van der Waals surface area contributed by atoms with Crippen LogP contribution in [0.5, 0.6) is 11.5 Å². The van der Waals surface area contributed by atoms with E-state index in [1.807, 2.05) is 17.0 Å². The van der Waals surface area contributed by atoms with Crippen LogP contribution in [0.2, 0.25) is 0 Å². The van der Waals surface area contributed by atoms with E-state index in [1.54, 1.807) is 24.3 Å². The quantitative estimate of drug-likeness (QED) is 0.787. The highest BCUT2D eigenvalue weighted by molar-refractivity contribution is 5.79. The molecule has 2 atom stereocenters. The van der Waals surface area contributed by atoms with E-state index < -0.39 is 0 Å². The smallest absolute Gasteiger partial charge is 0.226 e. The molecule has 5 nitrogen and oxygen atoms in total. The lowest BCUT2D eigenvalue weighted by atomic mass is 9.88. The number of phenolic OH excluding ortho intramolecular Hbond substituents is 1. The van der Waals surface area contributed by atoms with Crippen molar-refractivity contribution < 1.29 is 19.0 Å². The second-order valence-electron chi connectivity index (χ2n) is 8.46. The molecule has 2 aromatic carbocycles. The van der Waals surface area contributed by atoms with Crippen molar-refractivity contribution in [3.05, 3.63) is 59.9 Å². The van der Waals surface area contributed by atoms with Gasteiger partial charge in [0.25, 0.3) is 0 Å². The van der Waals surface area contributed by atoms with E-state index in [0.717, 1.165) is 57.5 Å². The van der Waals surface area contributed by atoms with Crippen molar-refractivity contribution in [2.75, 3.05) is 32.8 Å². The molecule has 0 bridgehead atoms. The molecule has 2 aliphatic rings. The number of piperidine rings is 1. The molecule has 160 valence electrons. The Bertz CT molecular complexity index is 852. The normalized spacial score (nSPS) is 22.2. The first-order valence-electron chi connectivity index (χ1n) is 10.7. The van der Waals surface area contributed by atoms with Gasteiger partial charge in [0.05, 0.1) is 12.5 Å². The molecule has 2 saturated heterocycles. The lowest BCUT2D eigenvalue weighted by Gasteiger charge is -2.38. The summed E-state index contributed by atoms with van der Waals surface area (Å²) >= 11 is 0. The number of halogens is 1. The standard InChI is InChI=1S/C24H29FN2O3/c25-21-4-3-5-23(13-21)30-17-19-12-20(24(29)27-10-1-2-11-27)16-26(15-19)14-18-6-8-22(28)9-7-18/h3-9,13,19-20,28H,1-2,10-12,14-17H2/t19-,20+/m0/s1. The minimum absolute atomic E-state index is 0.0462. The van der Waals surface area contributed by atoms with Gasteiger partial charge in [0, 0.05) is 44.7 Å². The van der Waals surface area contributed by atoms with Crippen LogP contribution < -0.4 is 4.74 Å². The van der Waals surface area contributed by atoms with Crippen LogP contribution in [0.3, 0.4) is 0 Å². The number of carbonyl (C=O) groups excluding carboxylic acids is 1. The molecule has 2 aromatic rings. The molecule has 0 unspecified atom stereocenters. The molecule has 0 aromatic heterocycles. The van der Waals surface area contributed by atoms with Crippen molar-refractivity contribution in [1.82, 2.24) is 9.80 Å². The van der Waals surface area contributed by atoms with Crippen molar-refractivity contribution >= 4 is 5.91 Å². The fraction of sp³-hybridized carbons (Fsp3) is 0.458. The molecule has 1 amide bonds. The monoisotopic (exact) mass is 412 g/mol. The highest BCUT2D eigenvalue weighted by atomic mass is 19.1. The zero-order chi connectivity index (χ0) is 20.9. The summed E-state index contributed by atoms with van der Waals surface area (Å²) in [5.41, 5.74) is 1.10. The molecule has 30 heavy (non-hydrogen) atoms. The first kappa shape index (κ1) is 20.7. The third kappa shape index (κ3) is 5.30. The zero-order valence-corrected chi connectivity index (χ0v) is 17.2. The van der Waals surface area contributed by atoms with Crippen molar-refractivity contribution in [2.45, 2.75) is 25.8 Å². The summed E-state index contributed by atoms with van der Waals surface area (Å²) in [6.45, 7) is 4.45. The number of hydrogen-bond donors (Lipinski definition) is 1. The van der Waals surface area contributed by atoms with Crippen LogP contribution in [0, 0.1) is 17.7 Å². The Balaban J connectivity index is 1.43. The van der Waals surface area contributed by atoms with Gasteiger partial charge in [-0.1, -0.05) is 18.2 Å². The minimum atomic E-state index is -0.313. The Morgan fingerprint density at radius 2 is 1.87 bits per heavy atom. The van der Waals surface area contributed by atoms with Gasteiger partial charge in [-0.15, -0.1) is 0 Å². The maximum absolute atomic E-state index is 13.4. The second-order valence-corrected chi connectivity index (χ2v) is 8.46. The van der Waals surface area contributed by atoms with Crippen LogP contribution >= 0.6 is 0 Å². The topological polar surface area (TPSA) is 53.0 Å². The molecule has 1 N–H and O–H groups in total. The summed E-state index contributed by atoms with van der Waals surface area (Å²) in [7, 11) is 0. The summed E-state index contributed by atoms with van der Waals surface area (Å²) in [4.78, 5) is 17.4. The molecule has 0 spiro atoms. The number of benzene rings is 2. The van der Waals surface area contributed by atoms with Crippen molar-refractivity contribution in [1.29, 1.82) is 0 Å². The average Bonchev–Trinajstić information content (AvgIpc) is 3.28. The molecule has 0 radical (unpaired) electrons. The van der Waals surface area contributed by atoms with Gasteiger partial charge in [-0.05, 0) is 49.1 Å². The largest absolute Gasteiger partial charge is 0.508 e. The average molecular weight is 413 g/mol. The third-order valence-electron chi connectivity index (χ3n) is 6.00. The van der Waals surface area contributed by atoms with Crippen molar-refractivity contribution in [3.63, 3.8) is 0 Å². The van der Waals surface area contributed by atoms with Crippen LogP contribution in [0.15, 0.2) is 48.5 Å². The number of phenols is 1. The Morgan fingerprint density at radius 3 is 2.60 bits per heavy atom. The van der Waals surface area contributed by atoms with Crippen LogP contribution in [-0.4, -0.2) is 53.6 Å². The van der Waals surface area contributed by atoms with E-state index in [2.05, 4.69) is 4.90 Å². The predicted molar refractivity (Wildman–Crippen MR) is 113 cm³/mol. The number of nitrogens with zero attached hydrogens (tertiary/aromatic N) is 2. The fourth-order valence-corrected chi connectivity index (χ4v) is 4.56. The van der Waals surface area contributed by atoms with Crippen LogP contribution in [-0.2, 0) is 11.3 Å². The first-order valence-corrected chi connectivity index (χ1v) is 10.7. The molecule has 2 fully saturated rings. The van der Waals surface area contributed by atoms with E-state index in [0.29, 0.717) is 12.4 Å². The summed E-state index contributed by atoms with van der Waals surface area (Å²) in [5, 5.41) is 9.53. The Kier molecular flexibility index (Phi) is 6.53. The maximum atomic E-state index is 13.4. The molecule has 2 aliphatic heterocycles. The number of rotatable bonds is 6. The Morgan fingerprint density at radius 1 is 1.10 bits per heavy atom. The molecule has 0 aliphatic carbocycles. The molecule has 6 heteroatoms. The molecule has 2 heterocycles. The number of amides is 1. The number of ether oxygens (including phenoxy) is 1. The summed E-state index contributed by atoms with van der Waals surface area (Å²) in [6.07, 6.45) is 2.96. The van der Waals surface area contributed by atoms with Gasteiger partial charge < -0.3 is 14.7 Å². The third-order valence-corrected chi connectivity index (χ3v) is 6.00. The number of hydrogen-bond acceptors (Lipinski definition) is 4. The van der Waals surface area contributed by atoms with E-state index in [9.17, 15) is 14.3 Å². The van der Waals surface area contributed by atoms with Gasteiger partial charge in [-0.2, -0.15) is 0 Å². The number of carbonyl (C=O) groups is 1. The maximum Gasteiger partial charge on any atom is 0.226 e. The van der Waals surface area contributed by atoms with E-state index >= 15 is 0 Å². The summed E-state index contributed by atoms with van der Waals surface area (Å²) in [5.74, 6) is 0.852. The van der Waals surface area contributed by atoms with E-state index in [1.165, 1.54) is 12.1 Å². The Hall–Kier alpha value is -2.60. The predicted octanol–water partition coefficient (Wildman–Crippen LogP) is 3.67. The molecular weight excluding hydrogens is 383 g/mol. The summed E-state index contributed by atoms with van der Waals surface area (Å²) in [6, 6.07) is 13.4. The number of likely N-dealkylation sites (tertiary alicyclic amines) is 2. The van der Waals surface area contributed by atoms with Gasteiger partial charge in [0.15, 0.2) is 0 Å². The van der Waals surface area contributed by atoms with Gasteiger partial charge >= 0.3 is 0 Å². The van der Waals surface area contributed by atoms with Gasteiger partial charge in [-0.3, -0.25) is 9.69 Å². The van der Waals surface area contributed by atoms with Gasteiger partial charge in [-0.25, -0.2) is 4.39 Å². The Labute approximate surface area is 177 Å². The minimum Gasteiger partial charge on any atom is -0.508 e. The van der Waals surface area contributed by atoms with E-state index in [-0.39, 0.29) is 29.3 Å². The van der Waals surface area contributed by atoms with Crippen LogP contribution in [0.4, 0.5) is 4.39 Å². The van der Waals surface area contributed by atoms with Gasteiger partial charge in [0.1, 0.15) is 17.3 Å². The van der Waals surface area contributed by atoms with Crippen molar-refractivity contribution in [2.24, 2.45) is 11.8 Å². The van der Waals surface area contributed by atoms with Crippen LogP contribution in [0.25, 0.3) is 0 Å². The molecular formula is C24H29FN2O3. The highest BCUT2D eigenvalue weighted by Crippen LogP contribution is 2.27. The molecule has 4 rings (SSSR count). The fourth-order valence-electron chi connectivity index (χ4n) is 4.56. The van der Waals surface area contributed by atoms with Crippen LogP contribution in [0.1, 0.15) is 24.8 Å². The van der Waals surface area contributed by atoms with Crippen molar-refractivity contribution in [3.8, 4) is 11.5 Å². The highest BCUT2D eigenvalue weighted by Gasteiger charge is 2.35. The zero-order valence-electron chi connectivity index (χ0n) is 17.2. The summed E-state index contributed by atoms with van der Waals surface area (Å²) < 4.78 is 19.3. The lowest BCUT2D eigenvalue weighted by Crippen LogP contribution is -2.48. The lowest BCUT2D eigenvalue weighted by molar-refractivity contribution is -0.137.